The molecule has 0 unspecified atom stereocenters. The Labute approximate surface area is 154 Å². The third-order valence-electron chi connectivity index (χ3n) is 4.09. The topological polar surface area (TPSA) is 109 Å². The van der Waals surface area contributed by atoms with Crippen LogP contribution in [0.2, 0.25) is 0 Å². The lowest BCUT2D eigenvalue weighted by molar-refractivity contribution is -0.137. The van der Waals surface area contributed by atoms with E-state index in [0.717, 1.165) is 22.5 Å². The van der Waals surface area contributed by atoms with Crippen molar-refractivity contribution in [3.8, 4) is 5.69 Å². The van der Waals surface area contributed by atoms with Crippen LogP contribution in [0, 0.1) is 0 Å². The number of thioether (sulfide) groups is 1. The van der Waals surface area contributed by atoms with Crippen molar-refractivity contribution >= 4 is 29.6 Å². The van der Waals surface area contributed by atoms with Gasteiger partial charge in [-0.1, -0.05) is 36.9 Å². The second-order valence-electron chi connectivity index (χ2n) is 5.90. The minimum absolute atomic E-state index is 0.0224. The highest BCUT2D eigenvalue weighted by molar-refractivity contribution is 7.99. The molecule has 2 heterocycles. The van der Waals surface area contributed by atoms with Gasteiger partial charge in [-0.15, -0.1) is 10.2 Å². The van der Waals surface area contributed by atoms with Crippen LogP contribution >= 0.6 is 11.8 Å². The Kier molecular flexibility index (Phi) is 4.94. The number of nitrogens with one attached hydrogen (secondary N) is 2. The molecule has 0 bridgehead atoms. The Morgan fingerprint density at radius 2 is 2.04 bits per heavy atom. The molecule has 10 heteroatoms. The number of rotatable bonds is 6. The molecule has 1 fully saturated rings. The SMILES string of the molecule is CC[C@@]1(C)NC(=O)N(NC(=O)CSc2nncn2-c2ccccc2)C1=O. The lowest BCUT2D eigenvalue weighted by Crippen LogP contribution is -2.49. The van der Waals surface area contributed by atoms with E-state index >= 15 is 0 Å². The van der Waals surface area contributed by atoms with Crippen molar-refractivity contribution in [1.82, 2.24) is 30.5 Å². The van der Waals surface area contributed by atoms with Gasteiger partial charge >= 0.3 is 6.03 Å². The van der Waals surface area contributed by atoms with Crippen LogP contribution in [0.15, 0.2) is 41.8 Å². The first-order valence-electron chi connectivity index (χ1n) is 7.99. The van der Waals surface area contributed by atoms with E-state index in [1.807, 2.05) is 30.3 Å². The maximum Gasteiger partial charge on any atom is 0.344 e. The van der Waals surface area contributed by atoms with Gasteiger partial charge < -0.3 is 5.32 Å². The van der Waals surface area contributed by atoms with Gasteiger partial charge in [-0.05, 0) is 25.5 Å². The number of aromatic nitrogens is 3. The van der Waals surface area contributed by atoms with Gasteiger partial charge in [0.25, 0.3) is 5.91 Å². The van der Waals surface area contributed by atoms with Crippen molar-refractivity contribution in [1.29, 1.82) is 0 Å². The zero-order valence-corrected chi connectivity index (χ0v) is 15.1. The number of imide groups is 1. The third kappa shape index (κ3) is 3.40. The predicted octanol–water partition coefficient (Wildman–Crippen LogP) is 1.11. The minimum Gasteiger partial charge on any atom is -0.322 e. The van der Waals surface area contributed by atoms with E-state index in [-0.39, 0.29) is 5.75 Å². The summed E-state index contributed by atoms with van der Waals surface area (Å²) < 4.78 is 1.75. The average molecular weight is 374 g/mol. The van der Waals surface area contributed by atoms with Crippen molar-refractivity contribution in [2.24, 2.45) is 0 Å². The number of para-hydroxylation sites is 1. The summed E-state index contributed by atoms with van der Waals surface area (Å²) in [6, 6.07) is 8.83. The van der Waals surface area contributed by atoms with Crippen molar-refractivity contribution < 1.29 is 14.4 Å². The average Bonchev–Trinajstić information content (AvgIpc) is 3.20. The summed E-state index contributed by atoms with van der Waals surface area (Å²) in [5.74, 6) is -0.983. The number of hydrogen-bond donors (Lipinski definition) is 2. The molecule has 9 nitrogen and oxygen atoms in total. The molecule has 2 aromatic rings. The smallest absolute Gasteiger partial charge is 0.322 e. The Morgan fingerprint density at radius 1 is 1.31 bits per heavy atom. The molecule has 1 aliphatic heterocycles. The monoisotopic (exact) mass is 374 g/mol. The van der Waals surface area contributed by atoms with E-state index in [2.05, 4.69) is 20.9 Å². The van der Waals surface area contributed by atoms with Gasteiger partial charge in [-0.2, -0.15) is 5.01 Å². The molecule has 0 radical (unpaired) electrons. The molecule has 1 atom stereocenters. The van der Waals surface area contributed by atoms with Crippen LogP contribution in [0.5, 0.6) is 0 Å². The van der Waals surface area contributed by atoms with E-state index in [4.69, 9.17) is 0 Å². The van der Waals surface area contributed by atoms with Gasteiger partial charge in [0.1, 0.15) is 11.9 Å². The van der Waals surface area contributed by atoms with E-state index < -0.39 is 23.4 Å². The second-order valence-corrected chi connectivity index (χ2v) is 6.84. The molecule has 0 saturated carbocycles. The molecule has 4 amide bonds. The summed E-state index contributed by atoms with van der Waals surface area (Å²) in [5.41, 5.74) is 2.22. The fraction of sp³-hybridized carbons (Fsp3) is 0.312. The van der Waals surface area contributed by atoms with Crippen molar-refractivity contribution in [3.63, 3.8) is 0 Å². The summed E-state index contributed by atoms with van der Waals surface area (Å²) in [7, 11) is 0. The Hall–Kier alpha value is -2.88. The van der Waals surface area contributed by atoms with Gasteiger partial charge in [0.2, 0.25) is 5.91 Å². The lowest BCUT2D eigenvalue weighted by Gasteiger charge is -2.19. The molecular formula is C16H18N6O3S. The number of benzene rings is 1. The predicted molar refractivity (Wildman–Crippen MR) is 94.3 cm³/mol. The number of carbonyl (C=O) groups excluding carboxylic acids is 3. The molecule has 26 heavy (non-hydrogen) atoms. The quantitative estimate of drug-likeness (QED) is 0.579. The van der Waals surface area contributed by atoms with Crippen LogP contribution in [-0.4, -0.2) is 48.9 Å². The number of hydrogen-bond acceptors (Lipinski definition) is 6. The van der Waals surface area contributed by atoms with Crippen LogP contribution < -0.4 is 10.7 Å². The summed E-state index contributed by atoms with van der Waals surface area (Å²) in [6.45, 7) is 3.41. The standard InChI is InChI=1S/C16H18N6O3S/c1-3-16(2)13(24)22(14(25)18-16)20-12(23)9-26-15-19-17-10-21(15)11-7-5-4-6-8-11/h4-8,10H,3,9H2,1-2H3,(H,18,25)(H,20,23)/t16-/m1/s1. The van der Waals surface area contributed by atoms with Crippen molar-refractivity contribution in [2.75, 3.05) is 5.75 Å². The second kappa shape index (κ2) is 7.16. The normalized spacial score (nSPS) is 19.5. The van der Waals surface area contributed by atoms with Crippen LogP contribution in [0.1, 0.15) is 20.3 Å². The molecular weight excluding hydrogens is 356 g/mol. The van der Waals surface area contributed by atoms with Crippen molar-refractivity contribution in [3.05, 3.63) is 36.7 Å². The zero-order chi connectivity index (χ0) is 18.7. The highest BCUT2D eigenvalue weighted by Crippen LogP contribution is 2.21. The summed E-state index contributed by atoms with van der Waals surface area (Å²) in [5, 5.41) is 11.7. The van der Waals surface area contributed by atoms with Crippen LogP contribution in [-0.2, 0) is 9.59 Å². The fourth-order valence-corrected chi connectivity index (χ4v) is 3.12. The number of amides is 4. The van der Waals surface area contributed by atoms with E-state index in [9.17, 15) is 14.4 Å². The maximum absolute atomic E-state index is 12.3. The Morgan fingerprint density at radius 3 is 2.69 bits per heavy atom. The van der Waals surface area contributed by atoms with Gasteiger partial charge in [0.05, 0.1) is 5.75 Å². The molecule has 3 rings (SSSR count). The molecule has 1 aromatic heterocycles. The summed E-state index contributed by atoms with van der Waals surface area (Å²) in [4.78, 5) is 36.4. The molecule has 1 saturated heterocycles. The number of nitrogens with zero attached hydrogens (tertiary/aromatic N) is 4. The summed E-state index contributed by atoms with van der Waals surface area (Å²) >= 11 is 1.16. The fourth-order valence-electron chi connectivity index (χ4n) is 2.40. The van der Waals surface area contributed by atoms with Gasteiger partial charge in [-0.25, -0.2) is 4.79 Å². The lowest BCUT2D eigenvalue weighted by atomic mass is 10.00. The van der Waals surface area contributed by atoms with Gasteiger partial charge in [0.15, 0.2) is 5.16 Å². The highest BCUT2D eigenvalue weighted by atomic mass is 32.2. The number of urea groups is 1. The Bertz CT molecular complexity index is 840. The first-order chi connectivity index (χ1) is 12.4. The van der Waals surface area contributed by atoms with Gasteiger partial charge in [0, 0.05) is 5.69 Å². The van der Waals surface area contributed by atoms with Gasteiger partial charge in [-0.3, -0.25) is 19.6 Å². The first-order valence-corrected chi connectivity index (χ1v) is 8.97. The molecule has 0 spiro atoms. The van der Waals surface area contributed by atoms with E-state index in [1.165, 1.54) is 0 Å². The van der Waals surface area contributed by atoms with Crippen LogP contribution in [0.25, 0.3) is 5.69 Å². The molecule has 136 valence electrons. The Balaban J connectivity index is 1.62. The number of hydrazine groups is 1. The minimum atomic E-state index is -0.995. The van der Waals surface area contributed by atoms with Crippen LogP contribution in [0.3, 0.4) is 0 Å². The molecule has 0 aliphatic carbocycles. The molecule has 1 aromatic carbocycles. The maximum atomic E-state index is 12.3. The highest BCUT2D eigenvalue weighted by Gasteiger charge is 2.47. The first kappa shape index (κ1) is 17.9. The molecule has 2 N–H and O–H groups in total. The zero-order valence-electron chi connectivity index (χ0n) is 14.3. The van der Waals surface area contributed by atoms with E-state index in [1.54, 1.807) is 24.7 Å². The largest absolute Gasteiger partial charge is 0.344 e. The van der Waals surface area contributed by atoms with Crippen LogP contribution in [0.4, 0.5) is 4.79 Å². The number of carbonyl (C=O) groups is 3. The third-order valence-corrected chi connectivity index (χ3v) is 5.03. The van der Waals surface area contributed by atoms with Crippen molar-refractivity contribution in [2.45, 2.75) is 31.0 Å². The van der Waals surface area contributed by atoms with E-state index in [0.29, 0.717) is 11.6 Å². The molecule has 1 aliphatic rings. The summed E-state index contributed by atoms with van der Waals surface area (Å²) in [6.07, 6.45) is 1.98.